The zero-order valence-corrected chi connectivity index (χ0v) is 18.5. The van der Waals surface area contributed by atoms with Crippen LogP contribution >= 0.6 is 0 Å². The number of benzene rings is 2. The Balaban J connectivity index is 1.68. The molecule has 8 heteroatoms. The molecule has 2 aromatic carbocycles. The van der Waals surface area contributed by atoms with Crippen molar-refractivity contribution in [2.24, 2.45) is 0 Å². The van der Waals surface area contributed by atoms with Crippen LogP contribution < -0.4 is 14.9 Å². The molecule has 1 amide bonds. The molecule has 1 unspecified atom stereocenters. The summed E-state index contributed by atoms with van der Waals surface area (Å²) in [4.78, 5) is 15.0. The van der Waals surface area contributed by atoms with Crippen molar-refractivity contribution in [3.05, 3.63) is 53.6 Å². The number of aryl methyl sites for hydroxylation is 1. The molecular formula is C22H29N3O4S. The van der Waals surface area contributed by atoms with Crippen LogP contribution in [0.25, 0.3) is 0 Å². The Hall–Kier alpha value is -2.42. The Morgan fingerprint density at radius 1 is 1.13 bits per heavy atom. The Kier molecular flexibility index (Phi) is 7.12. The third-order valence-electron chi connectivity index (χ3n) is 5.23. The number of carbonyl (C=O) groups is 1. The van der Waals surface area contributed by atoms with Gasteiger partial charge in [-0.15, -0.1) is 0 Å². The molecule has 7 nitrogen and oxygen atoms in total. The van der Waals surface area contributed by atoms with Gasteiger partial charge in [-0.2, -0.15) is 0 Å². The van der Waals surface area contributed by atoms with Crippen LogP contribution in [0.4, 0.5) is 11.4 Å². The number of nitrogens with zero attached hydrogens (tertiary/aromatic N) is 1. The highest BCUT2D eigenvalue weighted by molar-refractivity contribution is 7.89. The topological polar surface area (TPSA) is 87.7 Å². The molecule has 3 rings (SSSR count). The third kappa shape index (κ3) is 5.38. The van der Waals surface area contributed by atoms with Crippen molar-refractivity contribution in [3.63, 3.8) is 0 Å². The largest absolute Gasteiger partial charge is 0.378 e. The van der Waals surface area contributed by atoms with Gasteiger partial charge in [0.25, 0.3) is 5.91 Å². The minimum Gasteiger partial charge on any atom is -0.378 e. The zero-order chi connectivity index (χ0) is 21.7. The maximum Gasteiger partial charge on any atom is 0.255 e. The predicted molar refractivity (Wildman–Crippen MR) is 119 cm³/mol. The molecule has 1 atom stereocenters. The number of carbonyl (C=O) groups excluding carboxylic acids is 1. The highest BCUT2D eigenvalue weighted by Gasteiger charge is 2.18. The molecule has 162 valence electrons. The quantitative estimate of drug-likeness (QED) is 0.703. The highest BCUT2D eigenvalue weighted by Crippen LogP contribution is 2.24. The molecule has 0 saturated carbocycles. The maximum atomic E-state index is 12.6. The summed E-state index contributed by atoms with van der Waals surface area (Å²) >= 11 is 0. The highest BCUT2D eigenvalue weighted by atomic mass is 32.2. The first-order valence-corrected chi connectivity index (χ1v) is 11.7. The van der Waals surface area contributed by atoms with Crippen molar-refractivity contribution in [2.45, 2.75) is 38.1 Å². The lowest BCUT2D eigenvalue weighted by Crippen LogP contribution is -2.36. The molecule has 1 heterocycles. The van der Waals surface area contributed by atoms with E-state index in [2.05, 4.69) is 21.0 Å². The zero-order valence-electron chi connectivity index (χ0n) is 17.6. The first kappa shape index (κ1) is 22.3. The second-order valence-corrected chi connectivity index (χ2v) is 9.22. The average Bonchev–Trinajstić information content (AvgIpc) is 2.75. The SMILES string of the molecule is CCC(C)NS(=O)(=O)c1ccc(C(=O)Nc2ccc(N3CCOCC3)cc2C)cc1. The standard InChI is InChI=1S/C22H29N3O4S/c1-4-17(3)24-30(27,28)20-8-5-18(6-9-20)22(26)23-21-10-7-19(15-16(21)2)25-11-13-29-14-12-25/h5-10,15,17,24H,4,11-14H2,1-3H3,(H,23,26). The number of anilines is 2. The predicted octanol–water partition coefficient (Wildman–Crippen LogP) is 3.16. The molecule has 0 spiro atoms. The van der Waals surface area contributed by atoms with Gasteiger partial charge in [-0.3, -0.25) is 4.79 Å². The molecule has 2 aromatic rings. The molecular weight excluding hydrogens is 402 g/mol. The lowest BCUT2D eigenvalue weighted by molar-refractivity contribution is 0.102. The fraction of sp³-hybridized carbons (Fsp3) is 0.409. The second-order valence-electron chi connectivity index (χ2n) is 7.51. The Labute approximate surface area is 178 Å². The number of nitrogens with one attached hydrogen (secondary N) is 2. The fourth-order valence-electron chi connectivity index (χ4n) is 3.20. The Morgan fingerprint density at radius 2 is 1.80 bits per heavy atom. The Morgan fingerprint density at radius 3 is 2.40 bits per heavy atom. The molecule has 0 radical (unpaired) electrons. The number of hydrogen-bond acceptors (Lipinski definition) is 5. The molecule has 0 aliphatic carbocycles. The van der Waals surface area contributed by atoms with Crippen molar-refractivity contribution < 1.29 is 17.9 Å². The van der Waals surface area contributed by atoms with E-state index in [1.807, 2.05) is 32.9 Å². The molecule has 30 heavy (non-hydrogen) atoms. The summed E-state index contributed by atoms with van der Waals surface area (Å²) in [5.41, 5.74) is 3.20. The minimum atomic E-state index is -3.59. The van der Waals surface area contributed by atoms with Crippen molar-refractivity contribution in [2.75, 3.05) is 36.5 Å². The van der Waals surface area contributed by atoms with E-state index in [0.29, 0.717) is 12.0 Å². The molecule has 1 saturated heterocycles. The third-order valence-corrected chi connectivity index (χ3v) is 6.84. The van der Waals surface area contributed by atoms with E-state index in [0.717, 1.165) is 43.2 Å². The number of hydrogen-bond donors (Lipinski definition) is 2. The summed E-state index contributed by atoms with van der Waals surface area (Å²) in [7, 11) is -3.59. The number of morpholine rings is 1. The summed E-state index contributed by atoms with van der Waals surface area (Å²) in [5, 5.41) is 2.91. The van der Waals surface area contributed by atoms with E-state index in [4.69, 9.17) is 4.74 Å². The van der Waals surface area contributed by atoms with E-state index >= 15 is 0 Å². The summed E-state index contributed by atoms with van der Waals surface area (Å²) in [6.45, 7) is 8.82. The normalized spacial score (nSPS) is 15.6. The van der Waals surface area contributed by atoms with E-state index in [-0.39, 0.29) is 16.8 Å². The van der Waals surface area contributed by atoms with Gasteiger partial charge < -0.3 is 15.0 Å². The van der Waals surface area contributed by atoms with Crippen molar-refractivity contribution >= 4 is 27.3 Å². The average molecular weight is 432 g/mol. The molecule has 0 bridgehead atoms. The lowest BCUT2D eigenvalue weighted by atomic mass is 10.1. The smallest absolute Gasteiger partial charge is 0.255 e. The van der Waals surface area contributed by atoms with Gasteiger partial charge >= 0.3 is 0 Å². The monoisotopic (exact) mass is 431 g/mol. The van der Waals surface area contributed by atoms with Crippen molar-refractivity contribution in [3.8, 4) is 0 Å². The first-order chi connectivity index (χ1) is 14.3. The van der Waals surface area contributed by atoms with Crippen LogP contribution in [0.3, 0.4) is 0 Å². The van der Waals surface area contributed by atoms with Crippen LogP contribution in [0.15, 0.2) is 47.4 Å². The van der Waals surface area contributed by atoms with E-state index in [1.54, 1.807) is 0 Å². The number of sulfonamides is 1. The van der Waals surface area contributed by atoms with Crippen LogP contribution in [0.2, 0.25) is 0 Å². The van der Waals surface area contributed by atoms with Crippen LogP contribution in [0, 0.1) is 6.92 Å². The van der Waals surface area contributed by atoms with Gasteiger partial charge in [0.2, 0.25) is 10.0 Å². The number of ether oxygens (including phenoxy) is 1. The van der Waals surface area contributed by atoms with Crippen molar-refractivity contribution in [1.29, 1.82) is 0 Å². The second kappa shape index (κ2) is 9.59. The molecule has 1 fully saturated rings. The van der Waals surface area contributed by atoms with E-state index < -0.39 is 10.0 Å². The van der Waals surface area contributed by atoms with Crippen LogP contribution in [-0.2, 0) is 14.8 Å². The van der Waals surface area contributed by atoms with Gasteiger partial charge in [0.05, 0.1) is 18.1 Å². The fourth-order valence-corrected chi connectivity index (χ4v) is 4.53. The number of rotatable bonds is 7. The Bertz CT molecular complexity index is 984. The maximum absolute atomic E-state index is 12.6. The minimum absolute atomic E-state index is 0.144. The number of amides is 1. The molecule has 1 aliphatic rings. The van der Waals surface area contributed by atoms with Gasteiger partial charge in [0.15, 0.2) is 0 Å². The van der Waals surface area contributed by atoms with E-state index in [1.165, 1.54) is 24.3 Å². The lowest BCUT2D eigenvalue weighted by Gasteiger charge is -2.29. The van der Waals surface area contributed by atoms with Gasteiger partial charge in [-0.05, 0) is 68.3 Å². The molecule has 0 aromatic heterocycles. The molecule has 2 N–H and O–H groups in total. The van der Waals surface area contributed by atoms with Crippen LogP contribution in [0.5, 0.6) is 0 Å². The summed E-state index contributed by atoms with van der Waals surface area (Å²) in [5.74, 6) is -0.281. The van der Waals surface area contributed by atoms with Crippen LogP contribution in [-0.4, -0.2) is 46.7 Å². The summed E-state index contributed by atoms with van der Waals surface area (Å²) in [6.07, 6.45) is 0.698. The molecule has 1 aliphatic heterocycles. The van der Waals surface area contributed by atoms with Gasteiger partial charge in [-0.1, -0.05) is 6.92 Å². The van der Waals surface area contributed by atoms with Gasteiger partial charge in [0, 0.05) is 36.1 Å². The van der Waals surface area contributed by atoms with Crippen molar-refractivity contribution in [1.82, 2.24) is 4.72 Å². The van der Waals surface area contributed by atoms with Gasteiger partial charge in [0.1, 0.15) is 0 Å². The van der Waals surface area contributed by atoms with Crippen LogP contribution in [0.1, 0.15) is 36.2 Å². The summed E-state index contributed by atoms with van der Waals surface area (Å²) < 4.78 is 32.7. The van der Waals surface area contributed by atoms with Gasteiger partial charge in [-0.25, -0.2) is 13.1 Å². The van der Waals surface area contributed by atoms with E-state index in [9.17, 15) is 13.2 Å². The first-order valence-electron chi connectivity index (χ1n) is 10.2. The summed E-state index contributed by atoms with van der Waals surface area (Å²) in [6, 6.07) is 11.7.